The summed E-state index contributed by atoms with van der Waals surface area (Å²) in [7, 11) is 1.86. The van der Waals surface area contributed by atoms with Crippen molar-refractivity contribution < 1.29 is 9.47 Å². The summed E-state index contributed by atoms with van der Waals surface area (Å²) < 4.78 is 11.6. The van der Waals surface area contributed by atoms with Gasteiger partial charge in [-0.05, 0) is 31.9 Å². The molecule has 0 radical (unpaired) electrons. The van der Waals surface area contributed by atoms with Gasteiger partial charge in [-0.15, -0.1) is 0 Å². The quantitative estimate of drug-likeness (QED) is 0.646. The van der Waals surface area contributed by atoms with Gasteiger partial charge < -0.3 is 19.7 Å². The first kappa shape index (κ1) is 20.1. The summed E-state index contributed by atoms with van der Waals surface area (Å²) in [4.78, 5) is 9.35. The third kappa shape index (κ3) is 5.00. The molecule has 0 amide bonds. The molecule has 6 nitrogen and oxygen atoms in total. The summed E-state index contributed by atoms with van der Waals surface area (Å²) in [5.41, 5.74) is 2.61. The fourth-order valence-electron chi connectivity index (χ4n) is 3.89. The van der Waals surface area contributed by atoms with E-state index in [1.165, 1.54) is 11.1 Å². The van der Waals surface area contributed by atoms with Crippen LogP contribution in [-0.2, 0) is 9.47 Å². The Bertz CT molecular complexity index is 641. The van der Waals surface area contributed by atoms with Crippen LogP contribution in [0.2, 0.25) is 0 Å². The van der Waals surface area contributed by atoms with Crippen LogP contribution in [0.3, 0.4) is 0 Å². The number of aliphatic imine (C=N–C) groups is 1. The van der Waals surface area contributed by atoms with Crippen LogP contribution in [0.5, 0.6) is 0 Å². The Kier molecular flexibility index (Phi) is 6.73. The molecule has 1 aromatic carbocycles. The Labute approximate surface area is 163 Å². The van der Waals surface area contributed by atoms with Crippen molar-refractivity contribution in [2.24, 2.45) is 4.99 Å². The molecule has 27 heavy (non-hydrogen) atoms. The fraction of sp³-hybridized carbons (Fsp3) is 0.667. The van der Waals surface area contributed by atoms with Crippen LogP contribution in [0.15, 0.2) is 29.3 Å². The first-order valence-corrected chi connectivity index (χ1v) is 9.97. The Balaban J connectivity index is 1.61. The van der Waals surface area contributed by atoms with Gasteiger partial charge in [0.25, 0.3) is 0 Å². The standard InChI is InChI=1S/C21H34N4O2/c1-17-7-5-6-8-18(17)19-15-24(9-14-27-19)20(22-4)23-16-21(2,3)25-10-12-26-13-11-25/h5-8,19H,9-16H2,1-4H3,(H,22,23). The molecular weight excluding hydrogens is 340 g/mol. The number of hydrogen-bond acceptors (Lipinski definition) is 4. The van der Waals surface area contributed by atoms with Crippen molar-refractivity contribution in [1.29, 1.82) is 0 Å². The molecule has 0 saturated carbocycles. The highest BCUT2D eigenvalue weighted by Crippen LogP contribution is 2.25. The maximum absolute atomic E-state index is 6.06. The third-order valence-corrected chi connectivity index (χ3v) is 5.66. The lowest BCUT2D eigenvalue weighted by Gasteiger charge is -2.42. The normalized spacial score (nSPS) is 22.7. The van der Waals surface area contributed by atoms with E-state index in [0.717, 1.165) is 51.9 Å². The first-order chi connectivity index (χ1) is 13.0. The van der Waals surface area contributed by atoms with E-state index in [2.05, 4.69) is 65.1 Å². The van der Waals surface area contributed by atoms with E-state index in [4.69, 9.17) is 9.47 Å². The maximum atomic E-state index is 6.06. The number of rotatable bonds is 4. The number of hydrogen-bond donors (Lipinski definition) is 1. The minimum absolute atomic E-state index is 0.0570. The summed E-state index contributed by atoms with van der Waals surface area (Å²) in [6, 6.07) is 8.48. The van der Waals surface area contributed by atoms with E-state index in [1.807, 2.05) is 7.05 Å². The van der Waals surface area contributed by atoms with E-state index in [-0.39, 0.29) is 11.6 Å². The van der Waals surface area contributed by atoms with E-state index in [1.54, 1.807) is 0 Å². The van der Waals surface area contributed by atoms with Crippen molar-refractivity contribution in [3.8, 4) is 0 Å². The van der Waals surface area contributed by atoms with Crippen LogP contribution in [0.25, 0.3) is 0 Å². The summed E-state index contributed by atoms with van der Waals surface area (Å²) in [6.07, 6.45) is 0.0887. The third-order valence-electron chi connectivity index (χ3n) is 5.66. The number of benzene rings is 1. The van der Waals surface area contributed by atoms with Crippen LogP contribution in [0.1, 0.15) is 31.1 Å². The number of morpholine rings is 2. The van der Waals surface area contributed by atoms with Gasteiger partial charge in [-0.2, -0.15) is 0 Å². The second kappa shape index (κ2) is 9.04. The van der Waals surface area contributed by atoms with E-state index in [9.17, 15) is 0 Å². The molecule has 1 aromatic rings. The molecular formula is C21H34N4O2. The molecule has 150 valence electrons. The summed E-state index contributed by atoms with van der Waals surface area (Å²) in [6.45, 7) is 13.6. The summed E-state index contributed by atoms with van der Waals surface area (Å²) in [5.74, 6) is 0.957. The second-order valence-electron chi connectivity index (χ2n) is 7.97. The minimum Gasteiger partial charge on any atom is -0.379 e. The largest absolute Gasteiger partial charge is 0.379 e. The molecule has 2 heterocycles. The van der Waals surface area contributed by atoms with Gasteiger partial charge in [0.05, 0.1) is 26.4 Å². The highest BCUT2D eigenvalue weighted by Gasteiger charge is 2.30. The van der Waals surface area contributed by atoms with Gasteiger partial charge in [0, 0.05) is 38.8 Å². The molecule has 2 aliphatic heterocycles. The highest BCUT2D eigenvalue weighted by molar-refractivity contribution is 5.80. The number of aryl methyl sites for hydroxylation is 1. The molecule has 0 aliphatic carbocycles. The molecule has 3 rings (SSSR count). The monoisotopic (exact) mass is 374 g/mol. The zero-order valence-corrected chi connectivity index (χ0v) is 17.2. The van der Waals surface area contributed by atoms with Crippen molar-refractivity contribution in [1.82, 2.24) is 15.1 Å². The lowest BCUT2D eigenvalue weighted by Crippen LogP contribution is -2.57. The average molecular weight is 375 g/mol. The van der Waals surface area contributed by atoms with Gasteiger partial charge in [-0.3, -0.25) is 9.89 Å². The Morgan fingerprint density at radius 1 is 1.19 bits per heavy atom. The van der Waals surface area contributed by atoms with Crippen molar-refractivity contribution in [3.05, 3.63) is 35.4 Å². The number of nitrogens with one attached hydrogen (secondary N) is 1. The SMILES string of the molecule is CN=C(NCC(C)(C)N1CCOCC1)N1CCOC(c2ccccc2C)C1. The van der Waals surface area contributed by atoms with Crippen LogP contribution in [-0.4, -0.2) is 80.9 Å². The zero-order chi connectivity index (χ0) is 19.3. The topological polar surface area (TPSA) is 49.3 Å². The molecule has 1 N–H and O–H groups in total. The van der Waals surface area contributed by atoms with Crippen molar-refractivity contribution in [2.75, 3.05) is 59.6 Å². The molecule has 0 spiro atoms. The summed E-state index contributed by atoms with van der Waals surface area (Å²) in [5, 5.41) is 3.60. The van der Waals surface area contributed by atoms with Crippen LogP contribution >= 0.6 is 0 Å². The Hall–Kier alpha value is -1.63. The van der Waals surface area contributed by atoms with Gasteiger partial charge in [-0.1, -0.05) is 24.3 Å². The molecule has 1 atom stereocenters. The number of ether oxygens (including phenoxy) is 2. The van der Waals surface area contributed by atoms with Gasteiger partial charge >= 0.3 is 0 Å². The molecule has 6 heteroatoms. The van der Waals surface area contributed by atoms with E-state index >= 15 is 0 Å². The Morgan fingerprint density at radius 2 is 1.93 bits per heavy atom. The van der Waals surface area contributed by atoms with Crippen molar-refractivity contribution in [2.45, 2.75) is 32.4 Å². The van der Waals surface area contributed by atoms with Crippen molar-refractivity contribution in [3.63, 3.8) is 0 Å². The van der Waals surface area contributed by atoms with Crippen LogP contribution in [0, 0.1) is 6.92 Å². The van der Waals surface area contributed by atoms with Crippen molar-refractivity contribution >= 4 is 5.96 Å². The van der Waals surface area contributed by atoms with Gasteiger partial charge in [0.2, 0.25) is 0 Å². The summed E-state index contributed by atoms with van der Waals surface area (Å²) >= 11 is 0. The van der Waals surface area contributed by atoms with Gasteiger partial charge in [0.1, 0.15) is 6.10 Å². The molecule has 2 saturated heterocycles. The second-order valence-corrected chi connectivity index (χ2v) is 7.97. The molecule has 2 aliphatic rings. The molecule has 0 bridgehead atoms. The van der Waals surface area contributed by atoms with Gasteiger partial charge in [0.15, 0.2) is 5.96 Å². The smallest absolute Gasteiger partial charge is 0.193 e. The van der Waals surface area contributed by atoms with Crippen LogP contribution in [0.4, 0.5) is 0 Å². The van der Waals surface area contributed by atoms with E-state index in [0.29, 0.717) is 6.61 Å². The molecule has 1 unspecified atom stereocenters. The molecule has 2 fully saturated rings. The zero-order valence-electron chi connectivity index (χ0n) is 17.2. The number of guanidine groups is 1. The lowest BCUT2D eigenvalue weighted by molar-refractivity contribution is -0.0128. The van der Waals surface area contributed by atoms with E-state index < -0.39 is 0 Å². The van der Waals surface area contributed by atoms with Gasteiger partial charge in [-0.25, -0.2) is 0 Å². The fourth-order valence-corrected chi connectivity index (χ4v) is 3.89. The Morgan fingerprint density at radius 3 is 2.63 bits per heavy atom. The first-order valence-electron chi connectivity index (χ1n) is 9.97. The lowest BCUT2D eigenvalue weighted by atomic mass is 10.0. The van der Waals surface area contributed by atoms with Crippen LogP contribution < -0.4 is 5.32 Å². The molecule has 0 aromatic heterocycles. The predicted molar refractivity (Wildman–Crippen MR) is 109 cm³/mol. The average Bonchev–Trinajstić information content (AvgIpc) is 2.70. The minimum atomic E-state index is 0.0570. The highest BCUT2D eigenvalue weighted by atomic mass is 16.5. The predicted octanol–water partition coefficient (Wildman–Crippen LogP) is 2.05. The number of nitrogens with zero attached hydrogens (tertiary/aromatic N) is 3. The maximum Gasteiger partial charge on any atom is 0.193 e.